The summed E-state index contributed by atoms with van der Waals surface area (Å²) in [5.74, 6) is 1.28. The van der Waals surface area contributed by atoms with Gasteiger partial charge in [0.15, 0.2) is 5.78 Å². The van der Waals surface area contributed by atoms with Crippen LogP contribution >= 0.6 is 11.6 Å². The standard InChI is InChI=1S/C18H18ClNO3/c1-3-23-15-7-4-13(5-8-15)17(21)10-11-20-16-12-14(19)6-9-18(16)22-2/h4-12,20H,3H2,1-2H3/b11-10+. The van der Waals surface area contributed by atoms with Crippen LogP contribution in [0.5, 0.6) is 11.5 Å². The van der Waals surface area contributed by atoms with E-state index in [0.717, 1.165) is 5.75 Å². The largest absolute Gasteiger partial charge is 0.495 e. The maximum Gasteiger partial charge on any atom is 0.187 e. The lowest BCUT2D eigenvalue weighted by atomic mass is 10.1. The van der Waals surface area contributed by atoms with Crippen molar-refractivity contribution in [2.24, 2.45) is 0 Å². The molecule has 0 bridgehead atoms. The molecule has 120 valence electrons. The van der Waals surface area contributed by atoms with Gasteiger partial charge in [-0.3, -0.25) is 4.79 Å². The van der Waals surface area contributed by atoms with Gasteiger partial charge in [-0.2, -0.15) is 0 Å². The summed E-state index contributed by atoms with van der Waals surface area (Å²) in [6.45, 7) is 2.51. The van der Waals surface area contributed by atoms with Gasteiger partial charge in [0, 0.05) is 22.9 Å². The number of hydrogen-bond acceptors (Lipinski definition) is 4. The maximum atomic E-state index is 12.1. The lowest BCUT2D eigenvalue weighted by Gasteiger charge is -2.08. The van der Waals surface area contributed by atoms with Crippen LogP contribution in [0.15, 0.2) is 54.7 Å². The minimum absolute atomic E-state index is 0.110. The molecule has 0 heterocycles. The summed E-state index contributed by atoms with van der Waals surface area (Å²) < 4.78 is 10.6. The monoisotopic (exact) mass is 331 g/mol. The lowest BCUT2D eigenvalue weighted by molar-refractivity contribution is 0.104. The highest BCUT2D eigenvalue weighted by atomic mass is 35.5. The van der Waals surface area contributed by atoms with E-state index in [1.165, 1.54) is 6.08 Å². The van der Waals surface area contributed by atoms with Gasteiger partial charge in [0.05, 0.1) is 19.4 Å². The summed E-state index contributed by atoms with van der Waals surface area (Å²) in [6.07, 6.45) is 3.02. The molecule has 0 saturated heterocycles. The summed E-state index contributed by atoms with van der Waals surface area (Å²) in [4.78, 5) is 12.1. The highest BCUT2D eigenvalue weighted by Gasteiger charge is 2.04. The van der Waals surface area contributed by atoms with Gasteiger partial charge in [0.25, 0.3) is 0 Å². The summed E-state index contributed by atoms with van der Waals surface area (Å²) in [5.41, 5.74) is 1.28. The molecule has 0 saturated carbocycles. The van der Waals surface area contributed by atoms with Crippen molar-refractivity contribution in [3.8, 4) is 11.5 Å². The number of halogens is 1. The predicted molar refractivity (Wildman–Crippen MR) is 92.7 cm³/mol. The fourth-order valence-electron chi connectivity index (χ4n) is 1.98. The zero-order valence-corrected chi connectivity index (χ0v) is 13.8. The topological polar surface area (TPSA) is 47.6 Å². The van der Waals surface area contributed by atoms with Crippen molar-refractivity contribution in [2.75, 3.05) is 19.0 Å². The molecule has 0 aliphatic rings. The number of nitrogens with one attached hydrogen (secondary N) is 1. The first kappa shape index (κ1) is 16.9. The molecule has 5 heteroatoms. The first-order valence-corrected chi connectivity index (χ1v) is 7.55. The number of allylic oxidation sites excluding steroid dienone is 1. The minimum Gasteiger partial charge on any atom is -0.495 e. The second-order valence-corrected chi connectivity index (χ2v) is 5.08. The van der Waals surface area contributed by atoms with E-state index in [-0.39, 0.29) is 5.78 Å². The summed E-state index contributed by atoms with van der Waals surface area (Å²) in [5, 5.41) is 3.58. The molecular formula is C18H18ClNO3. The molecule has 2 aromatic carbocycles. The van der Waals surface area contributed by atoms with E-state index >= 15 is 0 Å². The van der Waals surface area contributed by atoms with Crippen LogP contribution in [-0.2, 0) is 0 Å². The van der Waals surface area contributed by atoms with E-state index in [4.69, 9.17) is 21.1 Å². The van der Waals surface area contributed by atoms with Gasteiger partial charge < -0.3 is 14.8 Å². The Kier molecular flexibility index (Phi) is 6.06. The van der Waals surface area contributed by atoms with E-state index in [1.807, 2.05) is 6.92 Å². The van der Waals surface area contributed by atoms with Crippen molar-refractivity contribution < 1.29 is 14.3 Å². The number of anilines is 1. The first-order valence-electron chi connectivity index (χ1n) is 7.18. The molecule has 0 unspecified atom stereocenters. The van der Waals surface area contributed by atoms with Gasteiger partial charge in [0.2, 0.25) is 0 Å². The quantitative estimate of drug-likeness (QED) is 0.597. The Morgan fingerprint density at radius 2 is 1.96 bits per heavy atom. The van der Waals surface area contributed by atoms with Crippen molar-refractivity contribution in [3.05, 3.63) is 65.3 Å². The van der Waals surface area contributed by atoms with Crippen molar-refractivity contribution in [1.82, 2.24) is 0 Å². The van der Waals surface area contributed by atoms with Crippen LogP contribution in [0.4, 0.5) is 5.69 Å². The number of carbonyl (C=O) groups is 1. The number of ketones is 1. The van der Waals surface area contributed by atoms with Crippen LogP contribution in [0.2, 0.25) is 5.02 Å². The average molecular weight is 332 g/mol. The van der Waals surface area contributed by atoms with Gasteiger partial charge in [-0.05, 0) is 49.4 Å². The maximum absolute atomic E-state index is 12.1. The number of benzene rings is 2. The first-order chi connectivity index (χ1) is 11.1. The second kappa shape index (κ2) is 8.25. The number of ether oxygens (including phenoxy) is 2. The smallest absolute Gasteiger partial charge is 0.187 e. The van der Waals surface area contributed by atoms with E-state index in [0.29, 0.717) is 28.6 Å². The van der Waals surface area contributed by atoms with E-state index in [9.17, 15) is 4.79 Å². The molecule has 0 aliphatic carbocycles. The molecule has 0 aliphatic heterocycles. The molecule has 2 aromatic rings. The van der Waals surface area contributed by atoms with E-state index in [2.05, 4.69) is 5.32 Å². The molecule has 0 atom stereocenters. The third-order valence-corrected chi connectivity index (χ3v) is 3.32. The fourth-order valence-corrected chi connectivity index (χ4v) is 2.15. The Morgan fingerprint density at radius 1 is 1.22 bits per heavy atom. The number of methoxy groups -OCH3 is 1. The van der Waals surface area contributed by atoms with Crippen molar-refractivity contribution in [3.63, 3.8) is 0 Å². The van der Waals surface area contributed by atoms with Crippen LogP contribution in [-0.4, -0.2) is 19.5 Å². The molecule has 0 amide bonds. The summed E-state index contributed by atoms with van der Waals surface area (Å²) in [6, 6.07) is 12.2. The van der Waals surface area contributed by atoms with Gasteiger partial charge in [-0.1, -0.05) is 11.6 Å². The lowest BCUT2D eigenvalue weighted by Crippen LogP contribution is -1.98. The highest BCUT2D eigenvalue weighted by Crippen LogP contribution is 2.27. The molecule has 2 rings (SSSR count). The zero-order chi connectivity index (χ0) is 16.7. The Labute approximate surface area is 140 Å². The predicted octanol–water partition coefficient (Wildman–Crippen LogP) is 4.56. The molecule has 0 spiro atoms. The Balaban J connectivity index is 2.02. The van der Waals surface area contributed by atoms with Crippen LogP contribution in [0, 0.1) is 0 Å². The average Bonchev–Trinajstić information content (AvgIpc) is 2.56. The zero-order valence-electron chi connectivity index (χ0n) is 13.0. The fraction of sp³-hybridized carbons (Fsp3) is 0.167. The van der Waals surface area contributed by atoms with Gasteiger partial charge in [-0.15, -0.1) is 0 Å². The Bertz CT molecular complexity index is 696. The molecule has 1 N–H and O–H groups in total. The molecule has 4 nitrogen and oxygen atoms in total. The Morgan fingerprint density at radius 3 is 2.61 bits per heavy atom. The number of hydrogen-bond donors (Lipinski definition) is 1. The number of carbonyl (C=O) groups excluding carboxylic acids is 1. The SMILES string of the molecule is CCOc1ccc(C(=O)/C=C/Nc2cc(Cl)ccc2OC)cc1. The summed E-state index contributed by atoms with van der Waals surface area (Å²) in [7, 11) is 1.57. The molecule has 0 fully saturated rings. The van der Waals surface area contributed by atoms with Crippen LogP contribution in [0.1, 0.15) is 17.3 Å². The van der Waals surface area contributed by atoms with Gasteiger partial charge in [-0.25, -0.2) is 0 Å². The normalized spacial score (nSPS) is 10.6. The van der Waals surface area contributed by atoms with Crippen molar-refractivity contribution >= 4 is 23.1 Å². The highest BCUT2D eigenvalue weighted by molar-refractivity contribution is 6.30. The van der Waals surface area contributed by atoms with Crippen molar-refractivity contribution in [2.45, 2.75) is 6.92 Å². The van der Waals surface area contributed by atoms with Crippen molar-refractivity contribution in [1.29, 1.82) is 0 Å². The van der Waals surface area contributed by atoms with Crippen LogP contribution in [0.25, 0.3) is 0 Å². The third kappa shape index (κ3) is 4.76. The third-order valence-electron chi connectivity index (χ3n) is 3.08. The van der Waals surface area contributed by atoms with Gasteiger partial charge >= 0.3 is 0 Å². The number of rotatable bonds is 7. The van der Waals surface area contributed by atoms with Crippen LogP contribution in [0.3, 0.4) is 0 Å². The molecule has 0 radical (unpaired) electrons. The van der Waals surface area contributed by atoms with Gasteiger partial charge in [0.1, 0.15) is 11.5 Å². The summed E-state index contributed by atoms with van der Waals surface area (Å²) >= 11 is 5.95. The molecular weight excluding hydrogens is 314 g/mol. The van der Waals surface area contributed by atoms with Crippen LogP contribution < -0.4 is 14.8 Å². The molecule has 23 heavy (non-hydrogen) atoms. The van der Waals surface area contributed by atoms with E-state index < -0.39 is 0 Å². The molecule has 0 aromatic heterocycles. The minimum atomic E-state index is -0.110. The Hall–Kier alpha value is -2.46. The van der Waals surface area contributed by atoms with E-state index in [1.54, 1.807) is 55.8 Å². The second-order valence-electron chi connectivity index (χ2n) is 4.64.